The zero-order valence-corrected chi connectivity index (χ0v) is 53.7. The molecule has 0 N–H and O–H groups in total. The van der Waals surface area contributed by atoms with Crippen molar-refractivity contribution >= 4 is 49.9 Å². The summed E-state index contributed by atoms with van der Waals surface area (Å²) < 4.78 is 86.0. The van der Waals surface area contributed by atoms with Crippen molar-refractivity contribution in [2.45, 2.75) is 127 Å². The Labute approximate surface area is 382 Å². The molecule has 0 saturated carbocycles. The number of rotatable bonds is 43. The number of nitrogens with zero attached hydrogens (tertiary/aromatic N) is 1. The number of unbranched alkanes of at least 4 members (excludes halogenated alkanes) is 5. The molecule has 0 saturated heterocycles. The quantitative estimate of drug-likeness (QED) is 0.0336. The monoisotopic (exact) mass is 1250 g/mol. The Bertz CT molecular complexity index is 987. The van der Waals surface area contributed by atoms with Crippen molar-refractivity contribution in [2.75, 3.05) is 113 Å². The summed E-state index contributed by atoms with van der Waals surface area (Å²) in [6.45, 7) is 0.507. The molecule has 0 atom stereocenters. The molecule has 0 aromatic carbocycles. The molecule has 0 radical (unpaired) electrons. The van der Waals surface area contributed by atoms with Gasteiger partial charge < -0.3 is 71.3 Å². The van der Waals surface area contributed by atoms with E-state index in [9.17, 15) is 4.79 Å². The molecule has 63 heavy (non-hydrogen) atoms. The Morgan fingerprint density at radius 3 is 0.810 bits per heavy atom. The molecule has 0 aromatic heterocycles. The van der Waals surface area contributed by atoms with Gasteiger partial charge in [-0.2, -0.15) is 0 Å². The standard InChI is InChI=1S/C40H90NO16Si5.Rf/c1-41(39(42)38(27-17-22-32-58(43-2,44-3)45-4)28-18-23-33-59(46-5,47-6)48-7)37-40(29-19-24-34-60(49-8,50-9)51-10,30-20-25-35-61(52-11,53-12)54-13)31-21-26-36-62(55-14,56-15)57-16;/h38H,1,17-37H2,2-16H3;/q-1;. The average Bonchev–Trinajstić information content (AvgIpc) is 3.32. The van der Waals surface area contributed by atoms with Crippen molar-refractivity contribution < 1.29 is 71.2 Å². The van der Waals surface area contributed by atoms with E-state index < -0.39 is 44.0 Å². The van der Waals surface area contributed by atoms with Crippen LogP contribution in [0, 0.1) is 18.4 Å². The van der Waals surface area contributed by atoms with E-state index in [1.165, 1.54) is 0 Å². The molecule has 17 nitrogen and oxygen atoms in total. The maximum Gasteiger partial charge on any atom is 0.500 e. The maximum atomic E-state index is 14.8. The van der Waals surface area contributed by atoms with Gasteiger partial charge in [0.05, 0.1) is 0 Å². The first-order chi connectivity index (χ1) is 29.6. The van der Waals surface area contributed by atoms with E-state index in [1.807, 2.05) is 0 Å². The molecule has 1 amide bonds. The molecule has 0 aromatic rings. The van der Waals surface area contributed by atoms with Gasteiger partial charge in [-0.05, 0) is 76.2 Å². The van der Waals surface area contributed by atoms with E-state index in [0.29, 0.717) is 49.6 Å². The topological polar surface area (TPSA) is 159 Å². The van der Waals surface area contributed by atoms with Gasteiger partial charge in [0.2, 0.25) is 0 Å². The van der Waals surface area contributed by atoms with Gasteiger partial charge in [-0.25, -0.2) is 0 Å². The zero-order valence-electron chi connectivity index (χ0n) is 42.3. The van der Waals surface area contributed by atoms with Gasteiger partial charge in [0.25, 0.3) is 0 Å². The number of amides is 1. The summed E-state index contributed by atoms with van der Waals surface area (Å²) in [5.74, 6) is -0.182. The van der Waals surface area contributed by atoms with E-state index in [-0.39, 0.29) is 17.2 Å². The Hall–Kier alpha value is -1.05. The van der Waals surface area contributed by atoms with Crippen LogP contribution in [0.5, 0.6) is 0 Å². The van der Waals surface area contributed by atoms with Crippen LogP contribution >= 0.6 is 0 Å². The fourth-order valence-corrected chi connectivity index (χ4v) is 17.5. The van der Waals surface area contributed by atoms with Crippen molar-refractivity contribution in [3.05, 3.63) is 7.05 Å². The predicted octanol–water partition coefficient (Wildman–Crippen LogP) is 7.45. The van der Waals surface area contributed by atoms with Crippen LogP contribution in [0.3, 0.4) is 0 Å². The van der Waals surface area contributed by atoms with Crippen LogP contribution in [-0.4, -0.2) is 168 Å². The zero-order chi connectivity index (χ0) is 47.2. The second kappa shape index (κ2) is 34.3. The summed E-state index contributed by atoms with van der Waals surface area (Å²) in [4.78, 5) is 16.5. The van der Waals surface area contributed by atoms with Crippen LogP contribution in [0.1, 0.15) is 96.3 Å². The van der Waals surface area contributed by atoms with Crippen LogP contribution in [-0.2, 0) is 71.2 Å². The first-order valence-corrected chi connectivity index (χ1v) is 31.7. The minimum atomic E-state index is -2.77. The number of carbonyl (C=O) groups excluding carboxylic acids is 1. The third-order valence-corrected chi connectivity index (χ3v) is 26.9. The Morgan fingerprint density at radius 2 is 0.603 bits per heavy atom. The fourth-order valence-electron chi connectivity index (χ4n) is 8.51. The first-order valence-electron chi connectivity index (χ1n) is 22.0. The molecule has 0 fully saturated rings. The van der Waals surface area contributed by atoms with E-state index in [0.717, 1.165) is 83.5 Å². The molecule has 0 rings (SSSR count). The van der Waals surface area contributed by atoms with Gasteiger partial charge in [0.15, 0.2) is 5.91 Å². The molecule has 0 aliphatic heterocycles. The second-order valence-electron chi connectivity index (χ2n) is 15.8. The Balaban J connectivity index is 0. The molecule has 23 heteroatoms. The van der Waals surface area contributed by atoms with E-state index in [1.54, 1.807) is 112 Å². The predicted molar refractivity (Wildman–Crippen MR) is 250 cm³/mol. The summed E-state index contributed by atoms with van der Waals surface area (Å²) in [6.07, 6.45) is 12.5. The van der Waals surface area contributed by atoms with Gasteiger partial charge in [-0.15, -0.1) is 0 Å². The van der Waals surface area contributed by atoms with Crippen LogP contribution in [0.25, 0.3) is 0 Å². The summed E-state index contributed by atoms with van der Waals surface area (Å²) in [5.41, 5.74) is -0.255. The van der Waals surface area contributed by atoms with Crippen LogP contribution in [0.2, 0.25) is 30.2 Å². The normalized spacial score (nSPS) is 13.2. The van der Waals surface area contributed by atoms with Crippen LogP contribution < -0.4 is 0 Å². The van der Waals surface area contributed by atoms with E-state index in [4.69, 9.17) is 66.4 Å². The third-order valence-electron chi connectivity index (χ3n) is 12.7. The van der Waals surface area contributed by atoms with Crippen molar-refractivity contribution in [3.63, 3.8) is 0 Å². The molecular weight excluding hydrogens is 1160 g/mol. The molecule has 0 bridgehead atoms. The molecule has 0 aliphatic rings. The largest absolute Gasteiger partial charge is 0.500 e. The smallest absolute Gasteiger partial charge is 0.495 e. The Morgan fingerprint density at radius 1 is 0.397 bits per heavy atom. The van der Waals surface area contributed by atoms with Crippen molar-refractivity contribution in [1.29, 1.82) is 0 Å². The molecular formula is C40H90NO16RfSi5-. The van der Waals surface area contributed by atoms with Crippen molar-refractivity contribution in [2.24, 2.45) is 11.3 Å². The van der Waals surface area contributed by atoms with Gasteiger partial charge in [-0.3, -0.25) is 11.8 Å². The minimum Gasteiger partial charge on any atom is -0.495 e. The molecule has 374 valence electrons. The summed E-state index contributed by atoms with van der Waals surface area (Å²) in [5, 5.41) is 0. The molecule has 0 heterocycles. The summed E-state index contributed by atoms with van der Waals surface area (Å²) >= 11 is 0. The summed E-state index contributed by atoms with van der Waals surface area (Å²) in [6, 6.07) is 3.39. The number of hydrogen-bond donors (Lipinski definition) is 0. The molecule has 0 aliphatic carbocycles. The van der Waals surface area contributed by atoms with Crippen molar-refractivity contribution in [1.82, 2.24) is 4.90 Å². The fraction of sp³-hybridized carbons (Fsp3) is 0.950. The van der Waals surface area contributed by atoms with Gasteiger partial charge in [0.1, 0.15) is 0 Å². The number of hydrogen-bond acceptors (Lipinski definition) is 16. The van der Waals surface area contributed by atoms with Gasteiger partial charge in [-0.1, -0.05) is 32.1 Å². The first kappa shape index (κ1) is 64.0. The van der Waals surface area contributed by atoms with Gasteiger partial charge in [0, 0.05) is 143 Å². The third kappa shape index (κ3) is 21.2. The van der Waals surface area contributed by atoms with Gasteiger partial charge >= 0.3 is 44.0 Å². The maximum absolute atomic E-state index is 14.8. The number of carbonyl (C=O) groups is 1. The molecule has 0 unspecified atom stereocenters. The van der Waals surface area contributed by atoms with Crippen molar-refractivity contribution in [3.8, 4) is 0 Å². The minimum absolute atomic E-state index is 0. The second-order valence-corrected chi connectivity index (χ2v) is 31.3. The molecule has 0 spiro atoms. The van der Waals surface area contributed by atoms with Crippen LogP contribution in [0.15, 0.2) is 0 Å². The summed E-state index contributed by atoms with van der Waals surface area (Å²) in [7, 11) is 15.3. The average molecular weight is 1250 g/mol. The van der Waals surface area contributed by atoms with E-state index >= 15 is 0 Å². The SMILES string of the molecule is [CH2-]N(CC(CCCC[Si](OC)(OC)OC)(CCCC[Si](OC)(OC)OC)CCCC[Si](OC)(OC)OC)C(=O)C(CCCC[Si](OC)(OC)OC)CCCC[Si](OC)(OC)OC.[Rf]. The van der Waals surface area contributed by atoms with E-state index in [2.05, 4.69) is 7.05 Å². The Kier molecular flexibility index (Phi) is 34.8. The van der Waals surface area contributed by atoms with Crippen LogP contribution in [0.4, 0.5) is 0 Å².